The molecule has 5 heteroatoms. The average molecular weight is 265 g/mol. The first kappa shape index (κ1) is 13.1. The van der Waals surface area contributed by atoms with Crippen molar-refractivity contribution in [1.82, 2.24) is 14.8 Å². The Morgan fingerprint density at radius 1 is 1.50 bits per heavy atom. The fourth-order valence-electron chi connectivity index (χ4n) is 1.97. The SMILES string of the molecule is CCc1cc(C(N)Cc2ccncc2Cl)n(C)n1. The highest BCUT2D eigenvalue weighted by molar-refractivity contribution is 6.31. The van der Waals surface area contributed by atoms with Crippen molar-refractivity contribution in [3.05, 3.63) is 46.5 Å². The van der Waals surface area contributed by atoms with E-state index >= 15 is 0 Å². The molecule has 0 saturated heterocycles. The predicted molar refractivity (Wildman–Crippen MR) is 72.5 cm³/mol. The molecular weight excluding hydrogens is 248 g/mol. The van der Waals surface area contributed by atoms with Crippen molar-refractivity contribution in [3.63, 3.8) is 0 Å². The first-order valence-corrected chi connectivity index (χ1v) is 6.36. The summed E-state index contributed by atoms with van der Waals surface area (Å²) in [4.78, 5) is 3.97. The van der Waals surface area contributed by atoms with Gasteiger partial charge in [-0.2, -0.15) is 5.10 Å². The summed E-state index contributed by atoms with van der Waals surface area (Å²) in [7, 11) is 1.92. The van der Waals surface area contributed by atoms with Crippen LogP contribution in [-0.2, 0) is 19.9 Å². The van der Waals surface area contributed by atoms with Crippen LogP contribution in [0, 0.1) is 0 Å². The van der Waals surface area contributed by atoms with Crippen molar-refractivity contribution in [3.8, 4) is 0 Å². The fourth-order valence-corrected chi connectivity index (χ4v) is 2.17. The molecule has 0 bridgehead atoms. The number of nitrogens with zero attached hydrogens (tertiary/aromatic N) is 3. The summed E-state index contributed by atoms with van der Waals surface area (Å²) in [5.74, 6) is 0. The van der Waals surface area contributed by atoms with Crippen LogP contribution in [0.15, 0.2) is 24.5 Å². The molecule has 0 radical (unpaired) electrons. The maximum absolute atomic E-state index is 6.22. The van der Waals surface area contributed by atoms with Gasteiger partial charge < -0.3 is 5.73 Å². The summed E-state index contributed by atoms with van der Waals surface area (Å²) in [5, 5.41) is 5.06. The van der Waals surface area contributed by atoms with E-state index in [2.05, 4.69) is 23.1 Å². The van der Waals surface area contributed by atoms with Crippen molar-refractivity contribution >= 4 is 11.6 Å². The maximum Gasteiger partial charge on any atom is 0.0625 e. The van der Waals surface area contributed by atoms with Crippen LogP contribution >= 0.6 is 11.6 Å². The quantitative estimate of drug-likeness (QED) is 0.922. The summed E-state index contributed by atoms with van der Waals surface area (Å²) >= 11 is 6.09. The van der Waals surface area contributed by atoms with E-state index in [0.29, 0.717) is 11.4 Å². The van der Waals surface area contributed by atoms with Gasteiger partial charge in [-0.25, -0.2) is 0 Å². The molecule has 0 aliphatic carbocycles. The van der Waals surface area contributed by atoms with Crippen molar-refractivity contribution < 1.29 is 0 Å². The molecule has 4 nitrogen and oxygen atoms in total. The molecule has 0 amide bonds. The zero-order valence-electron chi connectivity index (χ0n) is 10.6. The van der Waals surface area contributed by atoms with Gasteiger partial charge in [0.15, 0.2) is 0 Å². The molecule has 2 aromatic rings. The van der Waals surface area contributed by atoms with Crippen molar-refractivity contribution in [2.45, 2.75) is 25.8 Å². The number of aryl methyl sites for hydroxylation is 2. The Bertz CT molecular complexity index is 536. The Morgan fingerprint density at radius 3 is 2.89 bits per heavy atom. The monoisotopic (exact) mass is 264 g/mol. The van der Waals surface area contributed by atoms with Gasteiger partial charge in [-0.05, 0) is 30.5 Å². The molecule has 0 fully saturated rings. The first-order valence-electron chi connectivity index (χ1n) is 5.98. The normalized spacial score (nSPS) is 12.7. The minimum absolute atomic E-state index is 0.109. The number of pyridine rings is 1. The van der Waals surface area contributed by atoms with Crippen LogP contribution in [0.25, 0.3) is 0 Å². The Hall–Kier alpha value is -1.39. The third kappa shape index (κ3) is 2.71. The van der Waals surface area contributed by atoms with Crippen molar-refractivity contribution in [1.29, 1.82) is 0 Å². The molecule has 2 heterocycles. The zero-order chi connectivity index (χ0) is 13.1. The maximum atomic E-state index is 6.22. The van der Waals surface area contributed by atoms with Crippen molar-refractivity contribution in [2.75, 3.05) is 0 Å². The number of rotatable bonds is 4. The molecular formula is C13H17ClN4. The van der Waals surface area contributed by atoms with E-state index in [1.165, 1.54) is 0 Å². The lowest BCUT2D eigenvalue weighted by Gasteiger charge is -2.12. The molecule has 0 aliphatic rings. The smallest absolute Gasteiger partial charge is 0.0625 e. The summed E-state index contributed by atoms with van der Waals surface area (Å²) in [6.45, 7) is 2.08. The second-order valence-corrected chi connectivity index (χ2v) is 4.72. The van der Waals surface area contributed by atoms with Gasteiger partial charge >= 0.3 is 0 Å². The minimum atomic E-state index is -0.109. The van der Waals surface area contributed by atoms with Gasteiger partial charge in [-0.1, -0.05) is 18.5 Å². The van der Waals surface area contributed by atoms with Gasteiger partial charge in [0, 0.05) is 19.4 Å². The number of halogens is 1. The lowest BCUT2D eigenvalue weighted by molar-refractivity contribution is 0.614. The van der Waals surface area contributed by atoms with Crippen molar-refractivity contribution in [2.24, 2.45) is 12.8 Å². The predicted octanol–water partition coefficient (Wildman–Crippen LogP) is 2.27. The Morgan fingerprint density at radius 2 is 2.28 bits per heavy atom. The van der Waals surface area contributed by atoms with E-state index in [9.17, 15) is 0 Å². The lowest BCUT2D eigenvalue weighted by atomic mass is 10.0. The highest BCUT2D eigenvalue weighted by Crippen LogP contribution is 2.21. The molecule has 0 aliphatic heterocycles. The van der Waals surface area contributed by atoms with Crippen LogP contribution in [-0.4, -0.2) is 14.8 Å². The number of hydrogen-bond donors (Lipinski definition) is 1. The summed E-state index contributed by atoms with van der Waals surface area (Å²) in [5.41, 5.74) is 9.32. The summed E-state index contributed by atoms with van der Waals surface area (Å²) in [6.07, 6.45) is 4.97. The van der Waals surface area contributed by atoms with E-state index in [1.807, 2.05) is 17.8 Å². The molecule has 0 saturated carbocycles. The molecule has 0 aromatic carbocycles. The van der Waals surface area contributed by atoms with Crippen LogP contribution in [0.2, 0.25) is 5.02 Å². The zero-order valence-corrected chi connectivity index (χ0v) is 11.4. The number of aromatic nitrogens is 3. The van der Waals surface area contributed by atoms with Crippen LogP contribution in [0.5, 0.6) is 0 Å². The van der Waals surface area contributed by atoms with Gasteiger partial charge in [0.25, 0.3) is 0 Å². The van der Waals surface area contributed by atoms with Gasteiger partial charge in [-0.15, -0.1) is 0 Å². The van der Waals surface area contributed by atoms with Gasteiger partial charge in [0.2, 0.25) is 0 Å². The van der Waals surface area contributed by atoms with Gasteiger partial charge in [0.05, 0.1) is 22.5 Å². The Balaban J connectivity index is 2.19. The van der Waals surface area contributed by atoms with Gasteiger partial charge in [0.1, 0.15) is 0 Å². The standard InChI is InChI=1S/C13H17ClN4/c1-3-10-7-13(18(2)17-10)12(15)6-9-4-5-16-8-11(9)14/h4-5,7-8,12H,3,6,15H2,1-2H3. The molecule has 1 atom stereocenters. The number of hydrogen-bond acceptors (Lipinski definition) is 3. The Kier molecular flexibility index (Phi) is 3.99. The first-order chi connectivity index (χ1) is 8.61. The number of nitrogens with two attached hydrogens (primary N) is 1. The Labute approximate surface area is 112 Å². The highest BCUT2D eigenvalue weighted by atomic mass is 35.5. The van der Waals surface area contributed by atoms with Crippen LogP contribution in [0.1, 0.15) is 29.9 Å². The second kappa shape index (κ2) is 5.50. The topological polar surface area (TPSA) is 56.7 Å². The van der Waals surface area contributed by atoms with Crippen LogP contribution in [0.4, 0.5) is 0 Å². The van der Waals surface area contributed by atoms with Gasteiger partial charge in [-0.3, -0.25) is 9.67 Å². The second-order valence-electron chi connectivity index (χ2n) is 4.32. The van der Waals surface area contributed by atoms with E-state index in [4.69, 9.17) is 17.3 Å². The van der Waals surface area contributed by atoms with Crippen LogP contribution in [0.3, 0.4) is 0 Å². The molecule has 0 spiro atoms. The van der Waals surface area contributed by atoms with Crippen LogP contribution < -0.4 is 5.73 Å². The molecule has 1 unspecified atom stereocenters. The fraction of sp³-hybridized carbons (Fsp3) is 0.385. The van der Waals surface area contributed by atoms with E-state index in [-0.39, 0.29) is 6.04 Å². The third-order valence-electron chi connectivity index (χ3n) is 3.01. The third-order valence-corrected chi connectivity index (χ3v) is 3.35. The largest absolute Gasteiger partial charge is 0.322 e. The molecule has 96 valence electrons. The summed E-state index contributed by atoms with van der Waals surface area (Å²) < 4.78 is 1.85. The van der Waals surface area contributed by atoms with E-state index in [1.54, 1.807) is 12.4 Å². The molecule has 2 aromatic heterocycles. The minimum Gasteiger partial charge on any atom is -0.322 e. The lowest BCUT2D eigenvalue weighted by Crippen LogP contribution is -2.17. The van der Waals surface area contributed by atoms with E-state index in [0.717, 1.165) is 23.4 Å². The summed E-state index contributed by atoms with van der Waals surface area (Å²) in [6, 6.07) is 3.85. The van der Waals surface area contributed by atoms with E-state index < -0.39 is 0 Å². The molecule has 2 N–H and O–H groups in total. The molecule has 2 rings (SSSR count). The highest BCUT2D eigenvalue weighted by Gasteiger charge is 2.14. The average Bonchev–Trinajstić information content (AvgIpc) is 2.73. The molecule has 18 heavy (non-hydrogen) atoms.